The second-order valence-corrected chi connectivity index (χ2v) is 2.78. The van der Waals surface area contributed by atoms with Crippen LogP contribution in [0.2, 0.25) is 0 Å². The van der Waals surface area contributed by atoms with Crippen molar-refractivity contribution in [2.75, 3.05) is 0 Å². The minimum atomic E-state index is 0.198. The third kappa shape index (κ3) is 1.97. The van der Waals surface area contributed by atoms with Crippen LogP contribution in [0, 0.1) is 6.92 Å². The number of rotatable bonds is 3. The Morgan fingerprint density at radius 1 is 1.58 bits per heavy atom. The predicted molar refractivity (Wildman–Crippen MR) is 50.6 cm³/mol. The number of nitrogens with zero attached hydrogens (tertiary/aromatic N) is 1. The first-order valence-corrected chi connectivity index (χ1v) is 4.32. The van der Waals surface area contributed by atoms with E-state index in [2.05, 4.69) is 11.9 Å². The molecular weight excluding hydrogens is 150 g/mol. The molecule has 66 valence electrons. The number of furan rings is 1. The molecule has 1 heterocycles. The Balaban J connectivity index is 2.79. The average Bonchev–Trinajstić information content (AvgIpc) is 2.47. The molecule has 1 aromatic rings. The highest BCUT2D eigenvalue weighted by atomic mass is 16.3. The SMILES string of the molecule is CC=NC(CC)c1ccc(C)o1. The van der Waals surface area contributed by atoms with Crippen molar-refractivity contribution in [3.8, 4) is 0 Å². The van der Waals surface area contributed by atoms with Gasteiger partial charge in [0.2, 0.25) is 0 Å². The highest BCUT2D eigenvalue weighted by Gasteiger charge is 2.09. The maximum absolute atomic E-state index is 5.48. The van der Waals surface area contributed by atoms with Crippen molar-refractivity contribution in [2.24, 2.45) is 4.99 Å². The monoisotopic (exact) mass is 165 g/mol. The summed E-state index contributed by atoms with van der Waals surface area (Å²) in [4.78, 5) is 4.31. The van der Waals surface area contributed by atoms with Gasteiger partial charge in [-0.25, -0.2) is 0 Å². The molecule has 1 atom stereocenters. The summed E-state index contributed by atoms with van der Waals surface area (Å²) in [6, 6.07) is 4.17. The molecule has 0 aliphatic rings. The molecule has 0 N–H and O–H groups in total. The van der Waals surface area contributed by atoms with Crippen molar-refractivity contribution in [3.63, 3.8) is 0 Å². The third-order valence-electron chi connectivity index (χ3n) is 1.81. The van der Waals surface area contributed by atoms with Gasteiger partial charge in [-0.2, -0.15) is 0 Å². The van der Waals surface area contributed by atoms with E-state index in [4.69, 9.17) is 4.42 Å². The Bertz CT molecular complexity index is 263. The van der Waals surface area contributed by atoms with Crippen LogP contribution in [0.1, 0.15) is 37.8 Å². The van der Waals surface area contributed by atoms with Gasteiger partial charge in [0.1, 0.15) is 17.6 Å². The second-order valence-electron chi connectivity index (χ2n) is 2.78. The van der Waals surface area contributed by atoms with Gasteiger partial charge in [-0.3, -0.25) is 4.99 Å². The summed E-state index contributed by atoms with van der Waals surface area (Å²) >= 11 is 0. The Morgan fingerprint density at radius 3 is 2.75 bits per heavy atom. The molecule has 2 heteroatoms. The molecule has 1 unspecified atom stereocenters. The number of hydrogen-bond donors (Lipinski definition) is 0. The van der Waals surface area contributed by atoms with E-state index in [9.17, 15) is 0 Å². The summed E-state index contributed by atoms with van der Waals surface area (Å²) in [5.74, 6) is 1.92. The van der Waals surface area contributed by atoms with Crippen LogP contribution in [-0.2, 0) is 0 Å². The first-order chi connectivity index (χ1) is 5.77. The van der Waals surface area contributed by atoms with Gasteiger partial charge in [0, 0.05) is 0 Å². The number of aryl methyl sites for hydroxylation is 1. The van der Waals surface area contributed by atoms with E-state index < -0.39 is 0 Å². The van der Waals surface area contributed by atoms with Gasteiger partial charge in [-0.1, -0.05) is 6.92 Å². The van der Waals surface area contributed by atoms with E-state index in [0.29, 0.717) is 0 Å². The summed E-state index contributed by atoms with van der Waals surface area (Å²) in [5.41, 5.74) is 0. The van der Waals surface area contributed by atoms with Crippen molar-refractivity contribution in [2.45, 2.75) is 33.2 Å². The van der Waals surface area contributed by atoms with E-state index in [1.807, 2.05) is 32.2 Å². The molecule has 0 spiro atoms. The molecule has 1 aromatic heterocycles. The normalized spacial score (nSPS) is 13.9. The van der Waals surface area contributed by atoms with E-state index >= 15 is 0 Å². The summed E-state index contributed by atoms with van der Waals surface area (Å²) in [7, 11) is 0. The Labute approximate surface area is 73.3 Å². The first-order valence-electron chi connectivity index (χ1n) is 4.32. The fourth-order valence-electron chi connectivity index (χ4n) is 1.19. The van der Waals surface area contributed by atoms with Gasteiger partial charge >= 0.3 is 0 Å². The molecule has 0 saturated heterocycles. The van der Waals surface area contributed by atoms with Gasteiger partial charge < -0.3 is 4.42 Å². The lowest BCUT2D eigenvalue weighted by Gasteiger charge is -2.04. The van der Waals surface area contributed by atoms with Crippen molar-refractivity contribution < 1.29 is 4.42 Å². The van der Waals surface area contributed by atoms with Crippen molar-refractivity contribution in [1.29, 1.82) is 0 Å². The average molecular weight is 165 g/mol. The molecular formula is C10H15NO. The summed E-state index contributed by atoms with van der Waals surface area (Å²) in [5, 5.41) is 0. The molecule has 0 amide bonds. The standard InChI is InChI=1S/C10H15NO/c1-4-9(11-5-2)10-7-6-8(3)12-10/h5-7,9H,4H2,1-3H3. The predicted octanol–water partition coefficient (Wildman–Crippen LogP) is 3.13. The largest absolute Gasteiger partial charge is 0.464 e. The van der Waals surface area contributed by atoms with Gasteiger partial charge in [0.15, 0.2) is 0 Å². The van der Waals surface area contributed by atoms with Crippen LogP contribution in [-0.4, -0.2) is 6.21 Å². The van der Waals surface area contributed by atoms with E-state index in [0.717, 1.165) is 17.9 Å². The molecule has 0 radical (unpaired) electrons. The fourth-order valence-corrected chi connectivity index (χ4v) is 1.19. The van der Waals surface area contributed by atoms with Crippen LogP contribution in [0.4, 0.5) is 0 Å². The van der Waals surface area contributed by atoms with Crippen molar-refractivity contribution in [3.05, 3.63) is 23.7 Å². The Morgan fingerprint density at radius 2 is 2.33 bits per heavy atom. The van der Waals surface area contributed by atoms with Gasteiger partial charge in [0.25, 0.3) is 0 Å². The number of hydrogen-bond acceptors (Lipinski definition) is 2. The highest BCUT2D eigenvalue weighted by Crippen LogP contribution is 2.22. The third-order valence-corrected chi connectivity index (χ3v) is 1.81. The lowest BCUT2D eigenvalue weighted by atomic mass is 10.2. The van der Waals surface area contributed by atoms with Crippen LogP contribution < -0.4 is 0 Å². The highest BCUT2D eigenvalue weighted by molar-refractivity contribution is 5.53. The molecule has 0 aromatic carbocycles. The van der Waals surface area contributed by atoms with Crippen molar-refractivity contribution in [1.82, 2.24) is 0 Å². The Hall–Kier alpha value is -1.05. The van der Waals surface area contributed by atoms with E-state index in [1.165, 1.54) is 0 Å². The maximum Gasteiger partial charge on any atom is 0.128 e. The van der Waals surface area contributed by atoms with Gasteiger partial charge in [-0.15, -0.1) is 0 Å². The summed E-state index contributed by atoms with van der Waals surface area (Å²) in [6.45, 7) is 5.99. The van der Waals surface area contributed by atoms with Crippen LogP contribution in [0.25, 0.3) is 0 Å². The zero-order chi connectivity index (χ0) is 8.97. The summed E-state index contributed by atoms with van der Waals surface area (Å²) < 4.78 is 5.48. The lowest BCUT2D eigenvalue weighted by molar-refractivity contribution is 0.443. The molecule has 0 aliphatic heterocycles. The van der Waals surface area contributed by atoms with Crippen LogP contribution in [0.15, 0.2) is 21.5 Å². The maximum atomic E-state index is 5.48. The number of aliphatic imine (C=N–C) groups is 1. The topological polar surface area (TPSA) is 25.5 Å². The quantitative estimate of drug-likeness (QED) is 0.632. The molecule has 1 rings (SSSR count). The Kier molecular flexibility index (Phi) is 3.09. The van der Waals surface area contributed by atoms with E-state index in [-0.39, 0.29) is 6.04 Å². The zero-order valence-electron chi connectivity index (χ0n) is 7.87. The molecule has 12 heavy (non-hydrogen) atoms. The molecule has 0 fully saturated rings. The molecule has 0 saturated carbocycles. The van der Waals surface area contributed by atoms with Crippen LogP contribution >= 0.6 is 0 Å². The van der Waals surface area contributed by atoms with Crippen molar-refractivity contribution >= 4 is 6.21 Å². The summed E-state index contributed by atoms with van der Waals surface area (Å²) in [6.07, 6.45) is 2.81. The van der Waals surface area contributed by atoms with E-state index in [1.54, 1.807) is 0 Å². The minimum Gasteiger partial charge on any atom is -0.464 e. The smallest absolute Gasteiger partial charge is 0.128 e. The van der Waals surface area contributed by atoms with Gasteiger partial charge in [0.05, 0.1) is 0 Å². The van der Waals surface area contributed by atoms with Gasteiger partial charge in [-0.05, 0) is 38.6 Å². The minimum absolute atomic E-state index is 0.198. The molecule has 0 aliphatic carbocycles. The van der Waals surface area contributed by atoms with Crippen LogP contribution in [0.5, 0.6) is 0 Å². The van der Waals surface area contributed by atoms with Crippen LogP contribution in [0.3, 0.4) is 0 Å². The lowest BCUT2D eigenvalue weighted by Crippen LogP contribution is -1.90. The first kappa shape index (κ1) is 9.04. The fraction of sp³-hybridized carbons (Fsp3) is 0.500. The molecule has 2 nitrogen and oxygen atoms in total. The second kappa shape index (κ2) is 4.10. The zero-order valence-corrected chi connectivity index (χ0v) is 7.87. The molecule has 0 bridgehead atoms.